The summed E-state index contributed by atoms with van der Waals surface area (Å²) in [6.07, 6.45) is 1.96. The minimum absolute atomic E-state index is 0.0863. The molecule has 224 valence electrons. The minimum Gasteiger partial charge on any atom is -0.507 e. The van der Waals surface area contributed by atoms with Gasteiger partial charge in [0.25, 0.3) is 0 Å². The fraction of sp³-hybridized carbons (Fsp3) is 0.273. The second kappa shape index (κ2) is 9.65. The number of phenolic OH excluding ortho intramolecular Hbond substituents is 1. The Morgan fingerprint density at radius 1 is 0.932 bits per heavy atom. The third-order valence-corrected chi connectivity index (χ3v) is 9.85. The van der Waals surface area contributed by atoms with E-state index in [4.69, 9.17) is 11.6 Å². The van der Waals surface area contributed by atoms with Crippen LogP contribution in [0.2, 0.25) is 5.02 Å². The molecule has 2 aliphatic heterocycles. The summed E-state index contributed by atoms with van der Waals surface area (Å²) in [4.78, 5) is 57.3. The Morgan fingerprint density at radius 2 is 1.61 bits per heavy atom. The molecule has 3 aliphatic rings. The third kappa shape index (κ3) is 3.70. The van der Waals surface area contributed by atoms with Gasteiger partial charge >= 0.3 is 11.4 Å². The lowest BCUT2D eigenvalue weighted by molar-refractivity contribution is -0.129. The van der Waals surface area contributed by atoms with Crippen LogP contribution in [0.3, 0.4) is 0 Å². The van der Waals surface area contributed by atoms with Crippen LogP contribution in [-0.2, 0) is 16.1 Å². The van der Waals surface area contributed by atoms with Crippen molar-refractivity contribution < 1.29 is 19.1 Å². The zero-order valence-electron chi connectivity index (χ0n) is 24.1. The Morgan fingerprint density at radius 3 is 2.27 bits per heavy atom. The highest BCUT2D eigenvalue weighted by atomic mass is 35.5. The molecule has 11 heteroatoms. The molecule has 1 N–H and O–H groups in total. The molecule has 1 saturated heterocycles. The van der Waals surface area contributed by atoms with Crippen LogP contribution >= 0.6 is 11.6 Å². The molecular weight excluding hydrogens is 587 g/mol. The fourth-order valence-electron chi connectivity index (χ4n) is 7.48. The van der Waals surface area contributed by atoms with Crippen LogP contribution in [0.15, 0.2) is 81.9 Å². The standard InChI is InChI=1S/C33H28ClFN4O5/c1-17-13-19(14-18(2)28(17)40)27-22-11-12-36-31(43)38(20-7-5-4-6-8-20)32(44)39(36)26(22)16-23-29(41)37(30(42)33(23,27)3)21-9-10-25(35)24(34)15-21/h4-11,13-15,23,26-27,40H,12,16H2,1-3H3/t23-,26+,27-,33+/m0/s1. The van der Waals surface area contributed by atoms with Crippen molar-refractivity contribution in [3.63, 3.8) is 0 Å². The molecular formula is C33H28ClFN4O5. The summed E-state index contributed by atoms with van der Waals surface area (Å²) in [6, 6.07) is 15.2. The maximum Gasteiger partial charge on any atom is 0.352 e. The third-order valence-electron chi connectivity index (χ3n) is 9.56. The van der Waals surface area contributed by atoms with Gasteiger partial charge in [-0.05, 0) is 79.8 Å². The van der Waals surface area contributed by atoms with Gasteiger partial charge in [0, 0.05) is 5.92 Å². The van der Waals surface area contributed by atoms with Gasteiger partial charge < -0.3 is 5.11 Å². The topological polar surface area (TPSA) is 107 Å². The van der Waals surface area contributed by atoms with Crippen molar-refractivity contribution in [1.82, 2.24) is 13.9 Å². The van der Waals surface area contributed by atoms with Gasteiger partial charge in [-0.25, -0.2) is 32.8 Å². The number of fused-ring (bicyclic) bond motifs is 4. The molecule has 3 heterocycles. The number of phenols is 1. The quantitative estimate of drug-likeness (QED) is 0.264. The maximum atomic E-state index is 14.5. The van der Waals surface area contributed by atoms with E-state index in [1.807, 2.05) is 6.08 Å². The zero-order chi connectivity index (χ0) is 31.2. The fourth-order valence-corrected chi connectivity index (χ4v) is 7.66. The van der Waals surface area contributed by atoms with Gasteiger partial charge in [0.1, 0.15) is 11.6 Å². The molecule has 0 radical (unpaired) electrons. The molecule has 4 atom stereocenters. The number of para-hydroxylation sites is 1. The molecule has 3 aromatic carbocycles. The number of aryl methyl sites for hydroxylation is 2. The minimum atomic E-state index is -1.30. The van der Waals surface area contributed by atoms with Crippen molar-refractivity contribution >= 4 is 29.1 Å². The average molecular weight is 615 g/mol. The Balaban J connectivity index is 1.45. The molecule has 0 bridgehead atoms. The number of hydrogen-bond acceptors (Lipinski definition) is 5. The smallest absolute Gasteiger partial charge is 0.352 e. The normalized spacial score (nSPS) is 24.2. The van der Waals surface area contributed by atoms with Gasteiger partial charge in [0.2, 0.25) is 11.8 Å². The van der Waals surface area contributed by atoms with Gasteiger partial charge in [-0.1, -0.05) is 48.0 Å². The van der Waals surface area contributed by atoms with Gasteiger partial charge in [-0.2, -0.15) is 0 Å². The van der Waals surface area contributed by atoms with Crippen molar-refractivity contribution in [2.24, 2.45) is 11.3 Å². The van der Waals surface area contributed by atoms with Crippen LogP contribution in [0.25, 0.3) is 5.69 Å². The number of anilines is 1. The Kier molecular flexibility index (Phi) is 6.16. The van der Waals surface area contributed by atoms with Crippen molar-refractivity contribution in [3.05, 3.63) is 121 Å². The predicted molar refractivity (Wildman–Crippen MR) is 162 cm³/mol. The number of amides is 2. The lowest BCUT2D eigenvalue weighted by Crippen LogP contribution is -2.49. The molecule has 1 aromatic heterocycles. The summed E-state index contributed by atoms with van der Waals surface area (Å²) >= 11 is 6.06. The molecule has 2 amide bonds. The van der Waals surface area contributed by atoms with Gasteiger partial charge in [0.05, 0.1) is 40.3 Å². The highest BCUT2D eigenvalue weighted by Crippen LogP contribution is 2.61. The van der Waals surface area contributed by atoms with E-state index in [1.165, 1.54) is 21.5 Å². The number of aromatic nitrogens is 3. The van der Waals surface area contributed by atoms with Crippen LogP contribution in [0.1, 0.15) is 42.0 Å². The molecule has 1 aliphatic carbocycles. The first-order chi connectivity index (χ1) is 20.9. The van der Waals surface area contributed by atoms with Crippen molar-refractivity contribution in [3.8, 4) is 11.4 Å². The number of halogens is 2. The Labute approximate surface area is 256 Å². The number of nitrogens with zero attached hydrogens (tertiary/aromatic N) is 4. The number of aromatic hydroxyl groups is 1. The van der Waals surface area contributed by atoms with Crippen LogP contribution in [0.5, 0.6) is 5.75 Å². The summed E-state index contributed by atoms with van der Waals surface area (Å²) in [5.74, 6) is -3.10. The van der Waals surface area contributed by atoms with Gasteiger partial charge in [-0.3, -0.25) is 9.59 Å². The molecule has 4 aromatic rings. The van der Waals surface area contributed by atoms with Gasteiger partial charge in [-0.15, -0.1) is 0 Å². The molecule has 7 rings (SSSR count). The van der Waals surface area contributed by atoms with Crippen molar-refractivity contribution in [1.29, 1.82) is 0 Å². The van der Waals surface area contributed by atoms with E-state index in [9.17, 15) is 28.7 Å². The van der Waals surface area contributed by atoms with Crippen LogP contribution in [0.4, 0.5) is 10.1 Å². The first kappa shape index (κ1) is 28.1. The average Bonchev–Trinajstić information content (AvgIpc) is 3.37. The molecule has 9 nitrogen and oxygen atoms in total. The van der Waals surface area contributed by atoms with E-state index in [-0.39, 0.29) is 29.4 Å². The SMILES string of the molecule is Cc1cc([C@H]2C3=CCn4c(=O)n(-c5ccccc5)c(=O)n4[C@@H]3C[C@H]3C(=O)N(c4ccc(F)c(Cl)c4)C(=O)[C@@]23C)cc(C)c1O. The van der Waals surface area contributed by atoms with E-state index in [1.54, 1.807) is 63.2 Å². The van der Waals surface area contributed by atoms with Crippen LogP contribution in [-0.4, -0.2) is 30.9 Å². The molecule has 1 saturated carbocycles. The molecule has 0 spiro atoms. The summed E-state index contributed by atoms with van der Waals surface area (Å²) in [6.45, 7) is 5.36. The number of carbonyl (C=O) groups is 2. The number of benzene rings is 3. The second-order valence-electron chi connectivity index (χ2n) is 12.0. The number of allylic oxidation sites excluding steroid dienone is 2. The largest absolute Gasteiger partial charge is 0.507 e. The highest BCUT2D eigenvalue weighted by molar-refractivity contribution is 6.31. The van der Waals surface area contributed by atoms with E-state index in [0.717, 1.165) is 21.1 Å². The van der Waals surface area contributed by atoms with E-state index >= 15 is 0 Å². The summed E-state index contributed by atoms with van der Waals surface area (Å²) in [7, 11) is 0. The lowest BCUT2D eigenvalue weighted by Gasteiger charge is -2.47. The van der Waals surface area contributed by atoms with E-state index in [2.05, 4.69) is 0 Å². The monoisotopic (exact) mass is 614 g/mol. The lowest BCUT2D eigenvalue weighted by atomic mass is 9.56. The van der Waals surface area contributed by atoms with Crippen molar-refractivity contribution in [2.45, 2.75) is 45.7 Å². The molecule has 2 fully saturated rings. The zero-order valence-corrected chi connectivity index (χ0v) is 24.9. The predicted octanol–water partition coefficient (Wildman–Crippen LogP) is 4.78. The Hall–Kier alpha value is -4.70. The maximum absolute atomic E-state index is 14.5. The molecule has 0 unspecified atom stereocenters. The van der Waals surface area contributed by atoms with E-state index < -0.39 is 52.3 Å². The first-order valence-corrected chi connectivity index (χ1v) is 14.7. The number of rotatable bonds is 3. The van der Waals surface area contributed by atoms with E-state index in [0.29, 0.717) is 22.4 Å². The summed E-state index contributed by atoms with van der Waals surface area (Å²) in [5.41, 5.74) is 0.860. The highest BCUT2D eigenvalue weighted by Gasteiger charge is 2.65. The summed E-state index contributed by atoms with van der Waals surface area (Å²) in [5, 5.41) is 10.4. The second-order valence-corrected chi connectivity index (χ2v) is 12.4. The van der Waals surface area contributed by atoms with Gasteiger partial charge in [0.15, 0.2) is 0 Å². The number of imide groups is 1. The first-order valence-electron chi connectivity index (χ1n) is 14.3. The Bertz CT molecular complexity index is 2040. The van der Waals surface area contributed by atoms with Crippen LogP contribution in [0, 0.1) is 31.0 Å². The molecule has 44 heavy (non-hydrogen) atoms. The number of hydrogen-bond donors (Lipinski definition) is 1. The summed E-state index contributed by atoms with van der Waals surface area (Å²) < 4.78 is 18.0. The van der Waals surface area contributed by atoms with Crippen molar-refractivity contribution in [2.75, 3.05) is 4.90 Å². The number of carbonyl (C=O) groups excluding carboxylic acids is 2. The van der Waals surface area contributed by atoms with Crippen LogP contribution < -0.4 is 16.3 Å².